The number of carbonyl (C=O) groups is 1. The van der Waals surface area contributed by atoms with Crippen molar-refractivity contribution < 1.29 is 19.7 Å². The predicted octanol–water partition coefficient (Wildman–Crippen LogP) is 3.75. The number of cyclic esters (lactones) is 1. The number of fused-ring (bicyclic) bond motifs is 1. The highest BCUT2D eigenvalue weighted by Crippen LogP contribution is 2.29. The number of rotatable bonds is 0. The molecule has 1 unspecified atom stereocenters. The molecule has 0 fully saturated rings. The summed E-state index contributed by atoms with van der Waals surface area (Å²) in [6, 6.07) is 2.50. The molecule has 1 aromatic carbocycles. The van der Waals surface area contributed by atoms with Crippen LogP contribution in [0.5, 0.6) is 11.5 Å². The van der Waals surface area contributed by atoms with Gasteiger partial charge in [-0.25, -0.2) is 4.79 Å². The molecule has 0 aromatic heterocycles. The topological polar surface area (TPSA) is 90.6 Å². The molecule has 0 bridgehead atoms. The largest absolute Gasteiger partial charge is 0.508 e. The van der Waals surface area contributed by atoms with Gasteiger partial charge >= 0.3 is 5.97 Å². The van der Waals surface area contributed by atoms with Crippen LogP contribution in [0.25, 0.3) is 0 Å². The summed E-state index contributed by atoms with van der Waals surface area (Å²) >= 11 is 0. The Morgan fingerprint density at radius 3 is 2.83 bits per heavy atom. The highest BCUT2D eigenvalue weighted by atomic mass is 16.5. The summed E-state index contributed by atoms with van der Waals surface area (Å²) in [6.45, 7) is 2.36. The number of hydrogen-bond donors (Lipinski definition) is 3. The van der Waals surface area contributed by atoms with Gasteiger partial charge in [0.25, 0.3) is 0 Å². The molecule has 0 saturated heterocycles. The van der Waals surface area contributed by atoms with Gasteiger partial charge in [-0.1, -0.05) is 25.2 Å². The van der Waals surface area contributed by atoms with E-state index < -0.39 is 5.97 Å². The summed E-state index contributed by atoms with van der Waals surface area (Å²) in [7, 11) is 0. The first-order chi connectivity index (χ1) is 11.5. The van der Waals surface area contributed by atoms with Crippen LogP contribution in [0, 0.1) is 11.3 Å². The van der Waals surface area contributed by atoms with Crippen molar-refractivity contribution in [2.45, 2.75) is 32.6 Å². The van der Waals surface area contributed by atoms with Gasteiger partial charge in [-0.05, 0) is 42.9 Å². The number of phenolic OH excluding ortho intramolecular Hbond substituents is 2. The summed E-state index contributed by atoms with van der Waals surface area (Å²) < 4.78 is 5.22. The lowest BCUT2D eigenvalue weighted by Gasteiger charge is -2.12. The van der Waals surface area contributed by atoms with Gasteiger partial charge in [0.2, 0.25) is 0 Å². The zero-order valence-electron chi connectivity index (χ0n) is 13.8. The Morgan fingerprint density at radius 2 is 2.04 bits per heavy atom. The second-order valence-corrected chi connectivity index (χ2v) is 6.02. The predicted molar refractivity (Wildman–Crippen MR) is 92.8 cm³/mol. The van der Waals surface area contributed by atoms with Crippen molar-refractivity contribution in [1.29, 1.82) is 5.41 Å². The van der Waals surface area contributed by atoms with Crippen LogP contribution in [-0.4, -0.2) is 28.5 Å². The smallest absolute Gasteiger partial charge is 0.342 e. The van der Waals surface area contributed by atoms with E-state index in [0.29, 0.717) is 23.6 Å². The normalized spacial score (nSPS) is 22.6. The number of nitrogens with one attached hydrogen (secondary N) is 1. The molecule has 3 N–H and O–H groups in total. The maximum Gasteiger partial charge on any atom is 0.342 e. The number of aromatic hydroxyl groups is 2. The Hall–Kier alpha value is -2.56. The molecule has 1 atom stereocenters. The number of hydrogen-bond acceptors (Lipinski definition) is 5. The molecule has 1 aromatic rings. The molecule has 128 valence electrons. The highest BCUT2D eigenvalue weighted by Gasteiger charge is 2.20. The van der Waals surface area contributed by atoms with Crippen LogP contribution in [0.2, 0.25) is 0 Å². The summed E-state index contributed by atoms with van der Waals surface area (Å²) in [4.78, 5) is 12.3. The zero-order chi connectivity index (χ0) is 17.5. The Bertz CT molecular complexity index is 676. The fourth-order valence-electron chi connectivity index (χ4n) is 2.58. The number of esters is 1. The molecule has 0 radical (unpaired) electrons. The lowest BCUT2D eigenvalue weighted by atomic mass is 9.99. The molecule has 0 aliphatic carbocycles. The Balaban J connectivity index is 2.31. The molecule has 5 nitrogen and oxygen atoms in total. The minimum Gasteiger partial charge on any atom is -0.508 e. The van der Waals surface area contributed by atoms with Crippen molar-refractivity contribution in [3.05, 3.63) is 47.6 Å². The van der Waals surface area contributed by atoms with Gasteiger partial charge in [-0.3, -0.25) is 0 Å². The van der Waals surface area contributed by atoms with Gasteiger partial charge in [0.15, 0.2) is 0 Å². The van der Waals surface area contributed by atoms with Gasteiger partial charge in [-0.15, -0.1) is 0 Å². The van der Waals surface area contributed by atoms with E-state index in [4.69, 9.17) is 10.1 Å². The van der Waals surface area contributed by atoms with Gasteiger partial charge in [-0.2, -0.15) is 0 Å². The van der Waals surface area contributed by atoms with Crippen LogP contribution in [0.1, 0.15) is 42.1 Å². The van der Waals surface area contributed by atoms with E-state index in [1.165, 1.54) is 6.07 Å². The highest BCUT2D eigenvalue weighted by molar-refractivity contribution is 5.99. The van der Waals surface area contributed by atoms with Crippen molar-refractivity contribution in [3.63, 3.8) is 0 Å². The van der Waals surface area contributed by atoms with Gasteiger partial charge in [0, 0.05) is 18.2 Å². The van der Waals surface area contributed by atoms with Crippen LogP contribution >= 0.6 is 0 Å². The molecule has 1 heterocycles. The first kappa shape index (κ1) is 17.8. The van der Waals surface area contributed by atoms with Crippen LogP contribution in [-0.2, 0) is 11.2 Å². The molecule has 0 saturated carbocycles. The summed E-state index contributed by atoms with van der Waals surface area (Å²) in [5.41, 5.74) is 0.693. The van der Waals surface area contributed by atoms with Crippen LogP contribution in [0.4, 0.5) is 0 Å². The molecule has 1 aliphatic heterocycles. The van der Waals surface area contributed by atoms with Crippen LogP contribution in [0.15, 0.2) is 36.4 Å². The fraction of sp³-hybridized carbons (Fsp3) is 0.368. The van der Waals surface area contributed by atoms with E-state index in [1.54, 1.807) is 6.08 Å². The van der Waals surface area contributed by atoms with Crippen molar-refractivity contribution in [1.82, 2.24) is 0 Å². The Labute approximate surface area is 141 Å². The third-order valence-corrected chi connectivity index (χ3v) is 3.81. The third kappa shape index (κ3) is 4.98. The standard InChI is InChI=1S/C19H23NO4/c1-13-6-3-2-4-9-24-19(23)18-14(10-15(20)8-5-7-13)11-16(21)12-17(18)22/h3,5-6,8,11-13,20-22H,2,4,7,9-10H2,1H3/b6-3+,8-5+,20-15?. The molecular weight excluding hydrogens is 306 g/mol. The Kier molecular flexibility index (Phi) is 6.18. The molecule has 1 aliphatic rings. The molecular formula is C19H23NO4. The van der Waals surface area contributed by atoms with Gasteiger partial charge in [0.05, 0.1) is 6.61 Å². The zero-order valence-corrected chi connectivity index (χ0v) is 13.8. The van der Waals surface area contributed by atoms with Crippen molar-refractivity contribution in [2.24, 2.45) is 5.92 Å². The molecule has 24 heavy (non-hydrogen) atoms. The fourth-order valence-corrected chi connectivity index (χ4v) is 2.58. The second kappa shape index (κ2) is 8.34. The molecule has 5 heteroatoms. The monoisotopic (exact) mass is 329 g/mol. The van der Waals surface area contributed by atoms with Gasteiger partial charge < -0.3 is 20.4 Å². The van der Waals surface area contributed by atoms with E-state index >= 15 is 0 Å². The first-order valence-corrected chi connectivity index (χ1v) is 8.10. The minimum absolute atomic E-state index is 0.0183. The lowest BCUT2D eigenvalue weighted by molar-refractivity contribution is 0.0497. The summed E-state index contributed by atoms with van der Waals surface area (Å²) in [6.07, 6.45) is 10.3. The van der Waals surface area contributed by atoms with Crippen LogP contribution < -0.4 is 0 Å². The number of phenols is 2. The number of allylic oxidation sites excluding steroid dienone is 4. The van der Waals surface area contributed by atoms with Crippen molar-refractivity contribution in [2.75, 3.05) is 6.61 Å². The maximum absolute atomic E-state index is 12.3. The van der Waals surface area contributed by atoms with Crippen molar-refractivity contribution in [3.8, 4) is 11.5 Å². The number of benzene rings is 1. The molecule has 0 spiro atoms. The van der Waals surface area contributed by atoms with E-state index in [-0.39, 0.29) is 30.1 Å². The maximum atomic E-state index is 12.3. The SMILES string of the molecule is CC1/C=C/CCCOC(=O)c2c(O)cc(O)cc2CC(=N)/C=C/C1. The van der Waals surface area contributed by atoms with E-state index in [9.17, 15) is 15.0 Å². The second-order valence-electron chi connectivity index (χ2n) is 6.02. The Morgan fingerprint density at radius 1 is 1.25 bits per heavy atom. The first-order valence-electron chi connectivity index (χ1n) is 8.10. The van der Waals surface area contributed by atoms with E-state index in [2.05, 4.69) is 19.1 Å². The summed E-state index contributed by atoms with van der Waals surface area (Å²) in [5, 5.41) is 27.7. The summed E-state index contributed by atoms with van der Waals surface area (Å²) in [5.74, 6) is -0.732. The number of carbonyl (C=O) groups excluding carboxylic acids is 1. The minimum atomic E-state index is -0.633. The molecule has 2 rings (SSSR count). The van der Waals surface area contributed by atoms with Gasteiger partial charge in [0.1, 0.15) is 17.1 Å². The quantitative estimate of drug-likeness (QED) is 0.499. The van der Waals surface area contributed by atoms with Crippen molar-refractivity contribution >= 4 is 11.7 Å². The third-order valence-electron chi connectivity index (χ3n) is 3.81. The average molecular weight is 329 g/mol. The lowest BCUT2D eigenvalue weighted by Crippen LogP contribution is -2.11. The van der Waals surface area contributed by atoms with E-state index in [1.807, 2.05) is 6.08 Å². The number of ether oxygens (including phenoxy) is 1. The van der Waals surface area contributed by atoms with Crippen LogP contribution in [0.3, 0.4) is 0 Å². The van der Waals surface area contributed by atoms with E-state index in [0.717, 1.165) is 18.9 Å². The molecule has 0 amide bonds. The average Bonchev–Trinajstić information content (AvgIpc) is 2.49.